The maximum Gasteiger partial charge on any atom is 0.127 e. The van der Waals surface area contributed by atoms with Gasteiger partial charge in [0.1, 0.15) is 5.75 Å². The number of rotatable bonds is 2. The number of ether oxygens (including phenoxy) is 1. The van der Waals surface area contributed by atoms with Crippen molar-refractivity contribution >= 4 is 23.2 Å². The predicted molar refractivity (Wildman–Crippen MR) is 74.8 cm³/mol. The zero-order valence-electron chi connectivity index (χ0n) is 9.70. The molecule has 1 aliphatic heterocycles. The van der Waals surface area contributed by atoms with E-state index >= 15 is 0 Å². The first-order valence-corrected chi connectivity index (χ1v) is 6.71. The van der Waals surface area contributed by atoms with Crippen LogP contribution in [0.5, 0.6) is 5.75 Å². The van der Waals surface area contributed by atoms with E-state index in [1.165, 1.54) is 0 Å². The number of fused-ring (bicyclic) bond motifs is 1. The van der Waals surface area contributed by atoms with E-state index in [2.05, 4.69) is 0 Å². The van der Waals surface area contributed by atoms with Crippen molar-refractivity contribution in [2.24, 2.45) is 0 Å². The molecule has 0 radical (unpaired) electrons. The van der Waals surface area contributed by atoms with E-state index in [0.717, 1.165) is 33.9 Å². The predicted octanol–water partition coefficient (Wildman–Crippen LogP) is 4.60. The molecule has 1 heterocycles. The Hall–Kier alpha value is -1.18. The summed E-state index contributed by atoms with van der Waals surface area (Å²) in [6.45, 7) is 0.709. The average Bonchev–Trinajstić information content (AvgIpc) is 2.86. The highest BCUT2D eigenvalue weighted by Crippen LogP contribution is 2.41. The quantitative estimate of drug-likeness (QED) is 0.730. The molecule has 0 saturated carbocycles. The molecular formula is C15H12Cl2O. The molecule has 0 saturated heterocycles. The minimum Gasteiger partial charge on any atom is -0.493 e. The molecule has 0 spiro atoms. The molecule has 92 valence electrons. The molecule has 0 aliphatic carbocycles. The molecule has 0 fully saturated rings. The summed E-state index contributed by atoms with van der Waals surface area (Å²) in [5.41, 5.74) is 3.17. The van der Waals surface area contributed by atoms with Crippen molar-refractivity contribution in [3.05, 3.63) is 64.2 Å². The number of hydrogen-bond acceptors (Lipinski definition) is 1. The second-order valence-electron chi connectivity index (χ2n) is 4.35. The van der Waals surface area contributed by atoms with Crippen molar-refractivity contribution in [2.45, 2.75) is 11.8 Å². The highest BCUT2D eigenvalue weighted by atomic mass is 35.5. The molecule has 1 nitrogen and oxygen atoms in total. The largest absolute Gasteiger partial charge is 0.493 e. The molecule has 0 aromatic heterocycles. The van der Waals surface area contributed by atoms with Crippen LogP contribution in [-0.4, -0.2) is 6.61 Å². The van der Waals surface area contributed by atoms with Gasteiger partial charge in [-0.2, -0.15) is 0 Å². The molecular weight excluding hydrogens is 267 g/mol. The fourth-order valence-corrected chi connectivity index (χ4v) is 2.84. The Morgan fingerprint density at radius 2 is 1.89 bits per heavy atom. The molecule has 1 unspecified atom stereocenters. The molecule has 0 N–H and O–H groups in total. The molecule has 1 atom stereocenters. The summed E-state index contributed by atoms with van der Waals surface area (Å²) < 4.78 is 5.68. The smallest absolute Gasteiger partial charge is 0.127 e. The van der Waals surface area contributed by atoms with Crippen LogP contribution in [0, 0.1) is 0 Å². The molecule has 0 bridgehead atoms. The van der Waals surface area contributed by atoms with Gasteiger partial charge in [0.25, 0.3) is 0 Å². The van der Waals surface area contributed by atoms with Gasteiger partial charge in [-0.05, 0) is 23.3 Å². The Morgan fingerprint density at radius 3 is 2.67 bits per heavy atom. The number of halogens is 2. The van der Waals surface area contributed by atoms with Gasteiger partial charge in [0.15, 0.2) is 0 Å². The lowest BCUT2D eigenvalue weighted by Crippen LogP contribution is -1.97. The van der Waals surface area contributed by atoms with E-state index in [1.54, 1.807) is 0 Å². The van der Waals surface area contributed by atoms with E-state index in [-0.39, 0.29) is 5.38 Å². The highest BCUT2D eigenvalue weighted by Gasteiger charge is 2.23. The lowest BCUT2D eigenvalue weighted by atomic mass is 10.0. The van der Waals surface area contributed by atoms with Crippen LogP contribution in [0.3, 0.4) is 0 Å². The summed E-state index contributed by atoms with van der Waals surface area (Å²) in [4.78, 5) is 0. The van der Waals surface area contributed by atoms with Crippen LogP contribution in [0.1, 0.15) is 22.1 Å². The molecule has 1 aliphatic rings. The molecule has 3 heteroatoms. The van der Waals surface area contributed by atoms with E-state index in [4.69, 9.17) is 27.9 Å². The van der Waals surface area contributed by atoms with Gasteiger partial charge in [-0.15, -0.1) is 11.6 Å². The lowest BCUT2D eigenvalue weighted by molar-refractivity contribution is 0.353. The second kappa shape index (κ2) is 4.83. The van der Waals surface area contributed by atoms with Crippen LogP contribution >= 0.6 is 23.2 Å². The maximum atomic E-state index is 6.55. The summed E-state index contributed by atoms with van der Waals surface area (Å²) in [5.74, 6) is 0.906. The van der Waals surface area contributed by atoms with Crippen molar-refractivity contribution in [3.8, 4) is 5.75 Å². The number of benzene rings is 2. The summed E-state index contributed by atoms with van der Waals surface area (Å²) in [5, 5.41) is 0.493. The van der Waals surface area contributed by atoms with Gasteiger partial charge in [0.05, 0.1) is 12.0 Å². The Labute approximate surface area is 116 Å². The highest BCUT2D eigenvalue weighted by molar-refractivity contribution is 6.31. The first-order valence-electron chi connectivity index (χ1n) is 5.90. The van der Waals surface area contributed by atoms with Crippen LogP contribution in [0.25, 0.3) is 0 Å². The SMILES string of the molecule is Clc1cc2c(c(C(Cl)c3ccccc3)c1)OCC2. The zero-order chi connectivity index (χ0) is 12.5. The monoisotopic (exact) mass is 278 g/mol. The van der Waals surface area contributed by atoms with Crippen molar-refractivity contribution in [1.82, 2.24) is 0 Å². The molecule has 2 aromatic carbocycles. The molecule has 18 heavy (non-hydrogen) atoms. The number of alkyl halides is 1. The Kier molecular flexibility index (Phi) is 3.19. The average molecular weight is 279 g/mol. The van der Waals surface area contributed by atoms with Gasteiger partial charge in [0.2, 0.25) is 0 Å². The van der Waals surface area contributed by atoms with Crippen LogP contribution < -0.4 is 4.74 Å². The Balaban J connectivity index is 2.07. The minimum absolute atomic E-state index is 0.225. The fourth-order valence-electron chi connectivity index (χ4n) is 2.29. The molecule has 3 rings (SSSR count). The van der Waals surface area contributed by atoms with Gasteiger partial charge in [-0.25, -0.2) is 0 Å². The third kappa shape index (κ3) is 2.09. The Bertz CT molecular complexity index is 566. The van der Waals surface area contributed by atoms with Gasteiger partial charge in [-0.1, -0.05) is 41.9 Å². The van der Waals surface area contributed by atoms with E-state index in [1.807, 2.05) is 42.5 Å². The van der Waals surface area contributed by atoms with Gasteiger partial charge < -0.3 is 4.74 Å². The standard InChI is InChI=1S/C15H12Cl2O/c16-12-8-11-6-7-18-15(11)13(9-12)14(17)10-4-2-1-3-5-10/h1-5,8-9,14H,6-7H2. The zero-order valence-corrected chi connectivity index (χ0v) is 11.2. The second-order valence-corrected chi connectivity index (χ2v) is 5.23. The molecule has 2 aromatic rings. The first-order chi connectivity index (χ1) is 8.75. The third-order valence-electron chi connectivity index (χ3n) is 3.14. The van der Waals surface area contributed by atoms with Gasteiger partial charge >= 0.3 is 0 Å². The first kappa shape index (κ1) is 11.9. The lowest BCUT2D eigenvalue weighted by Gasteiger charge is -2.14. The van der Waals surface area contributed by atoms with Crippen LogP contribution in [0.2, 0.25) is 5.02 Å². The molecule has 0 amide bonds. The van der Waals surface area contributed by atoms with Gasteiger partial charge in [-0.3, -0.25) is 0 Å². The van der Waals surface area contributed by atoms with E-state index in [9.17, 15) is 0 Å². The van der Waals surface area contributed by atoms with Crippen molar-refractivity contribution in [3.63, 3.8) is 0 Å². The summed E-state index contributed by atoms with van der Waals surface area (Å²) >= 11 is 12.7. The number of hydrogen-bond donors (Lipinski definition) is 0. The summed E-state index contributed by atoms with van der Waals surface area (Å²) in [6, 6.07) is 13.8. The summed E-state index contributed by atoms with van der Waals surface area (Å²) in [7, 11) is 0. The van der Waals surface area contributed by atoms with Crippen LogP contribution in [-0.2, 0) is 6.42 Å². The normalized spacial score (nSPS) is 15.0. The van der Waals surface area contributed by atoms with Crippen LogP contribution in [0.4, 0.5) is 0 Å². The van der Waals surface area contributed by atoms with Crippen LogP contribution in [0.15, 0.2) is 42.5 Å². The summed E-state index contributed by atoms with van der Waals surface area (Å²) in [6.07, 6.45) is 0.904. The van der Waals surface area contributed by atoms with Crippen molar-refractivity contribution in [1.29, 1.82) is 0 Å². The van der Waals surface area contributed by atoms with Crippen molar-refractivity contribution in [2.75, 3.05) is 6.61 Å². The Morgan fingerprint density at radius 1 is 1.11 bits per heavy atom. The van der Waals surface area contributed by atoms with Crippen molar-refractivity contribution < 1.29 is 4.74 Å². The topological polar surface area (TPSA) is 9.23 Å². The third-order valence-corrected chi connectivity index (χ3v) is 3.85. The van der Waals surface area contributed by atoms with Gasteiger partial charge in [0, 0.05) is 17.0 Å². The maximum absolute atomic E-state index is 6.55. The van der Waals surface area contributed by atoms with E-state index in [0.29, 0.717) is 6.61 Å². The minimum atomic E-state index is -0.225. The fraction of sp³-hybridized carbons (Fsp3) is 0.200. The van der Waals surface area contributed by atoms with E-state index < -0.39 is 0 Å².